The van der Waals surface area contributed by atoms with Crippen molar-refractivity contribution in [1.29, 1.82) is 0 Å². The fourth-order valence-corrected chi connectivity index (χ4v) is 6.06. The Morgan fingerprint density at radius 1 is 1.00 bits per heavy atom. The predicted molar refractivity (Wildman–Crippen MR) is 144 cm³/mol. The van der Waals surface area contributed by atoms with Gasteiger partial charge in [-0.2, -0.15) is 4.57 Å². The number of anilines is 1. The van der Waals surface area contributed by atoms with Gasteiger partial charge in [0.05, 0.1) is 0 Å². The van der Waals surface area contributed by atoms with Gasteiger partial charge >= 0.3 is 0 Å². The Hall–Kier alpha value is -1.92. The number of alkyl halides is 1. The first kappa shape index (κ1) is 22.3. The van der Waals surface area contributed by atoms with Crippen LogP contribution in [0, 0.1) is 0 Å². The predicted octanol–water partition coefficient (Wildman–Crippen LogP) is 7.28. The number of unbranched alkanes of at least 4 members (excludes halogenated alkanes) is 1. The third-order valence-corrected chi connectivity index (χ3v) is 7.95. The van der Waals surface area contributed by atoms with Crippen LogP contribution in [0.2, 0.25) is 0 Å². The first-order valence-corrected chi connectivity index (χ1v) is 13.2. The topological polar surface area (TPSA) is 7.12 Å². The molecule has 0 fully saturated rings. The zero-order valence-electron chi connectivity index (χ0n) is 18.5. The number of aryl methyl sites for hydroxylation is 1. The molecule has 1 aliphatic heterocycles. The number of halogens is 1. The Balaban J connectivity index is 1.54. The number of rotatable bonds is 7. The molecule has 1 aromatic heterocycles. The molecule has 2 nitrogen and oxygen atoms in total. The molecule has 2 aromatic carbocycles. The van der Waals surface area contributed by atoms with E-state index in [0.717, 1.165) is 6.54 Å². The lowest BCUT2D eigenvalue weighted by atomic mass is 9.84. The molecule has 4 heteroatoms. The van der Waals surface area contributed by atoms with E-state index >= 15 is 0 Å². The van der Waals surface area contributed by atoms with Crippen molar-refractivity contribution in [2.24, 2.45) is 0 Å². The van der Waals surface area contributed by atoms with Gasteiger partial charge in [0.1, 0.15) is 4.70 Å². The minimum absolute atomic E-state index is 0.0204. The van der Waals surface area contributed by atoms with Crippen LogP contribution in [0.1, 0.15) is 37.3 Å². The maximum atomic E-state index is 2.47. The number of fused-ring (bicyclic) bond motifs is 2. The fraction of sp³-hybridized carbons (Fsp3) is 0.296. The highest BCUT2D eigenvalue weighted by Gasteiger charge is 2.37. The zero-order valence-corrected chi connectivity index (χ0v) is 21.5. The number of aromatic nitrogens is 1. The first-order valence-electron chi connectivity index (χ1n) is 10.9. The number of allylic oxidation sites excluding steroid dienone is 5. The van der Waals surface area contributed by atoms with Crippen molar-refractivity contribution in [3.05, 3.63) is 89.1 Å². The third kappa shape index (κ3) is 4.51. The van der Waals surface area contributed by atoms with Crippen molar-refractivity contribution in [2.45, 2.75) is 38.6 Å². The van der Waals surface area contributed by atoms with Gasteiger partial charge in [0.15, 0.2) is 6.54 Å². The van der Waals surface area contributed by atoms with Crippen LogP contribution in [-0.4, -0.2) is 11.5 Å². The van der Waals surface area contributed by atoms with E-state index in [0.29, 0.717) is 0 Å². The van der Waals surface area contributed by atoms with Gasteiger partial charge in [0.2, 0.25) is 5.52 Å². The minimum Gasteiger partial charge on any atom is -0.347 e. The number of benzene rings is 2. The van der Waals surface area contributed by atoms with Crippen LogP contribution < -0.4 is 9.47 Å². The van der Waals surface area contributed by atoms with Crippen molar-refractivity contribution in [3.63, 3.8) is 0 Å². The van der Waals surface area contributed by atoms with Crippen LogP contribution in [0.4, 0.5) is 5.69 Å². The molecule has 3 aromatic rings. The van der Waals surface area contributed by atoms with E-state index in [-0.39, 0.29) is 5.41 Å². The summed E-state index contributed by atoms with van der Waals surface area (Å²) in [6.45, 7) is 5.69. The molecule has 0 amide bonds. The van der Waals surface area contributed by atoms with E-state index in [1.807, 2.05) is 11.3 Å². The van der Waals surface area contributed by atoms with Crippen molar-refractivity contribution in [2.75, 3.05) is 16.4 Å². The maximum absolute atomic E-state index is 2.47. The van der Waals surface area contributed by atoms with Gasteiger partial charge < -0.3 is 4.90 Å². The van der Waals surface area contributed by atoms with E-state index in [2.05, 4.69) is 132 Å². The van der Waals surface area contributed by atoms with E-state index in [4.69, 9.17) is 0 Å². The molecule has 0 aliphatic carbocycles. The Kier molecular flexibility index (Phi) is 6.97. The highest BCUT2D eigenvalue weighted by Crippen LogP contribution is 2.46. The lowest BCUT2D eigenvalue weighted by Gasteiger charge is -2.23. The van der Waals surface area contributed by atoms with Crippen molar-refractivity contribution in [1.82, 2.24) is 0 Å². The summed E-state index contributed by atoms with van der Waals surface area (Å²) in [7, 11) is 2.17. The highest BCUT2D eigenvalue weighted by atomic mass is 127. The molecule has 0 saturated heterocycles. The van der Waals surface area contributed by atoms with Crippen molar-refractivity contribution < 1.29 is 4.57 Å². The summed E-state index contributed by atoms with van der Waals surface area (Å²) < 4.78 is 5.05. The number of likely N-dealkylation sites (N-methyl/N-ethyl adjacent to an activating group) is 1. The second-order valence-corrected chi connectivity index (χ2v) is 10.6. The summed E-state index contributed by atoms with van der Waals surface area (Å²) in [6, 6.07) is 17.4. The molecule has 31 heavy (non-hydrogen) atoms. The van der Waals surface area contributed by atoms with Gasteiger partial charge in [-0.25, -0.2) is 0 Å². The number of thiazole rings is 1. The smallest absolute Gasteiger partial charge is 0.262 e. The molecule has 0 bridgehead atoms. The van der Waals surface area contributed by atoms with Crippen LogP contribution in [-0.2, 0) is 12.0 Å². The van der Waals surface area contributed by atoms with E-state index < -0.39 is 0 Å². The lowest BCUT2D eigenvalue weighted by Crippen LogP contribution is -2.35. The van der Waals surface area contributed by atoms with Gasteiger partial charge in [-0.1, -0.05) is 96.3 Å². The monoisotopic (exact) mass is 541 g/mol. The third-order valence-electron chi connectivity index (χ3n) is 6.06. The molecule has 0 radical (unpaired) electrons. The molecule has 0 spiro atoms. The van der Waals surface area contributed by atoms with Crippen LogP contribution >= 0.6 is 33.9 Å². The average Bonchev–Trinajstić information content (AvgIpc) is 3.21. The van der Waals surface area contributed by atoms with Crippen molar-refractivity contribution in [3.8, 4) is 0 Å². The Labute approximate surface area is 203 Å². The molecule has 0 atom stereocenters. The summed E-state index contributed by atoms with van der Waals surface area (Å²) in [5.41, 5.74) is 5.39. The molecule has 0 unspecified atom stereocenters. The second kappa shape index (κ2) is 9.70. The molecule has 160 valence electrons. The van der Waals surface area contributed by atoms with Gasteiger partial charge in [-0.05, 0) is 34.6 Å². The summed E-state index contributed by atoms with van der Waals surface area (Å²) in [4.78, 5) is 2.32. The normalized spacial score (nSPS) is 16.9. The fourth-order valence-electron chi connectivity index (χ4n) is 4.42. The average molecular weight is 542 g/mol. The van der Waals surface area contributed by atoms with Crippen LogP contribution in [0.15, 0.2) is 78.5 Å². The quantitative estimate of drug-likeness (QED) is 0.100. The highest BCUT2D eigenvalue weighted by molar-refractivity contribution is 14.1. The molecule has 0 N–H and O–H groups in total. The summed E-state index contributed by atoms with van der Waals surface area (Å²) in [6.07, 6.45) is 13.5. The van der Waals surface area contributed by atoms with Crippen LogP contribution in [0.3, 0.4) is 0 Å². The molecule has 0 saturated carbocycles. The molecule has 2 heterocycles. The molecular weight excluding hydrogens is 511 g/mol. The minimum atomic E-state index is 0.0204. The lowest BCUT2D eigenvalue weighted by molar-refractivity contribution is -0.669. The van der Waals surface area contributed by atoms with Crippen molar-refractivity contribution >= 4 is 55.9 Å². The number of hydrogen-bond donors (Lipinski definition) is 0. The van der Waals surface area contributed by atoms with E-state index in [1.54, 1.807) is 0 Å². The van der Waals surface area contributed by atoms with Crippen LogP contribution in [0.5, 0.6) is 0 Å². The molecule has 1 aliphatic rings. The van der Waals surface area contributed by atoms with Gasteiger partial charge in [-0.3, -0.25) is 0 Å². The summed E-state index contributed by atoms with van der Waals surface area (Å²) in [5.74, 6) is 0. The summed E-state index contributed by atoms with van der Waals surface area (Å²) >= 11 is 4.34. The largest absolute Gasteiger partial charge is 0.347 e. The SMILES string of the molecule is CN1\C(=C/C=C/C=C/c2sc3ccccc3[n+]2CCCCI)C(C)(C)c2ccccc21. The first-order chi connectivity index (χ1) is 15.0. The van der Waals surface area contributed by atoms with E-state index in [1.165, 1.54) is 49.4 Å². The Bertz CT molecular complexity index is 1150. The molecular formula is C27H30IN2S+. The second-order valence-electron chi connectivity index (χ2n) is 8.45. The maximum Gasteiger partial charge on any atom is 0.262 e. The van der Waals surface area contributed by atoms with Crippen LogP contribution in [0.25, 0.3) is 16.3 Å². The Morgan fingerprint density at radius 2 is 1.77 bits per heavy atom. The Morgan fingerprint density at radius 3 is 2.58 bits per heavy atom. The van der Waals surface area contributed by atoms with E-state index in [9.17, 15) is 0 Å². The number of nitrogens with zero attached hydrogens (tertiary/aromatic N) is 2. The zero-order chi connectivity index (χ0) is 21.8. The summed E-state index contributed by atoms with van der Waals surface area (Å²) in [5, 5.41) is 1.32. The molecule has 4 rings (SSSR count). The van der Waals surface area contributed by atoms with Gasteiger partial charge in [0.25, 0.3) is 5.01 Å². The number of para-hydroxylation sites is 2. The standard InChI is InChI=1S/C27H30IN2S/c1-27(2)21-13-7-8-14-22(21)29(3)25(27)17-5-4-6-18-26-30(20-12-11-19-28)23-15-9-10-16-24(23)31-26/h4-10,13-18H,11-12,19-20H2,1-3H3/q+1. The van der Waals surface area contributed by atoms with Gasteiger partial charge in [0, 0.05) is 42.4 Å². The van der Waals surface area contributed by atoms with Gasteiger partial charge in [-0.15, -0.1) is 0 Å². The number of hydrogen-bond acceptors (Lipinski definition) is 2.